The zero-order chi connectivity index (χ0) is 13.8. The minimum absolute atomic E-state index is 0.0716. The summed E-state index contributed by atoms with van der Waals surface area (Å²) in [5.41, 5.74) is 0.0716. The fourth-order valence-corrected chi connectivity index (χ4v) is 2.04. The second-order valence-electron chi connectivity index (χ2n) is 5.53. The lowest BCUT2D eigenvalue weighted by molar-refractivity contribution is 0.111. The summed E-state index contributed by atoms with van der Waals surface area (Å²) >= 11 is 0. The molecule has 0 bridgehead atoms. The van der Waals surface area contributed by atoms with E-state index in [2.05, 4.69) is 48.8 Å². The van der Waals surface area contributed by atoms with Gasteiger partial charge in [0.05, 0.1) is 6.61 Å². The van der Waals surface area contributed by atoms with Crippen molar-refractivity contribution >= 4 is 14.6 Å². The largest absolute Gasteiger partial charge is 0.471 e. The second kappa shape index (κ2) is 5.62. The van der Waals surface area contributed by atoms with Gasteiger partial charge >= 0.3 is 0 Å². The van der Waals surface area contributed by atoms with Crippen LogP contribution in [0.3, 0.4) is 0 Å². The van der Waals surface area contributed by atoms with Crippen molar-refractivity contribution in [3.05, 3.63) is 5.69 Å². The molecule has 0 aromatic carbocycles. The van der Waals surface area contributed by atoms with E-state index in [9.17, 15) is 4.79 Å². The van der Waals surface area contributed by atoms with Crippen LogP contribution in [0.1, 0.15) is 31.3 Å². The van der Waals surface area contributed by atoms with E-state index in [1.165, 1.54) is 0 Å². The first-order valence-electron chi connectivity index (χ1n) is 5.82. The zero-order valence-electron chi connectivity index (χ0n) is 11.5. The van der Waals surface area contributed by atoms with Crippen LogP contribution in [-0.4, -0.2) is 38.1 Å². The zero-order valence-corrected chi connectivity index (χ0v) is 12.5. The Morgan fingerprint density at radius 2 is 1.94 bits per heavy atom. The molecule has 18 heavy (non-hydrogen) atoms. The van der Waals surface area contributed by atoms with Gasteiger partial charge in [0.2, 0.25) is 5.69 Å². The molecule has 1 aromatic heterocycles. The van der Waals surface area contributed by atoms with Gasteiger partial charge in [-0.1, -0.05) is 20.8 Å². The molecule has 6 nitrogen and oxygen atoms in total. The van der Waals surface area contributed by atoms with Crippen molar-refractivity contribution < 1.29 is 18.6 Å². The molecule has 0 spiro atoms. The number of carbonyl (C=O) groups is 1. The molecule has 0 unspecified atom stereocenters. The smallest absolute Gasteiger partial charge is 0.286 e. The molecule has 0 radical (unpaired) electrons. The SMILES string of the molecule is CC(C)(C)[Si](C)(C)OCCOc1nonc1C=O. The predicted octanol–water partition coefficient (Wildman–Crippen LogP) is 2.28. The van der Waals surface area contributed by atoms with Crippen LogP contribution >= 0.6 is 0 Å². The van der Waals surface area contributed by atoms with E-state index in [1.54, 1.807) is 0 Å². The molecule has 0 N–H and O–H groups in total. The molecular weight excluding hydrogens is 252 g/mol. The van der Waals surface area contributed by atoms with Crippen LogP contribution in [0.4, 0.5) is 0 Å². The molecule has 7 heteroatoms. The molecule has 0 fully saturated rings. The van der Waals surface area contributed by atoms with Crippen molar-refractivity contribution in [1.29, 1.82) is 0 Å². The monoisotopic (exact) mass is 272 g/mol. The summed E-state index contributed by atoms with van der Waals surface area (Å²) in [5, 5.41) is 7.04. The average Bonchev–Trinajstić information content (AvgIpc) is 2.70. The molecule has 0 atom stereocenters. The highest BCUT2D eigenvalue weighted by Gasteiger charge is 2.36. The minimum atomic E-state index is -1.76. The van der Waals surface area contributed by atoms with Crippen LogP contribution in [0.15, 0.2) is 4.63 Å². The first kappa shape index (κ1) is 14.8. The molecule has 0 aliphatic carbocycles. The van der Waals surface area contributed by atoms with Crippen LogP contribution in [0.25, 0.3) is 0 Å². The van der Waals surface area contributed by atoms with E-state index >= 15 is 0 Å². The number of hydrogen-bond acceptors (Lipinski definition) is 6. The number of aldehydes is 1. The number of carbonyl (C=O) groups excluding carboxylic acids is 1. The van der Waals surface area contributed by atoms with Gasteiger partial charge in [-0.25, -0.2) is 4.63 Å². The Morgan fingerprint density at radius 3 is 2.50 bits per heavy atom. The van der Waals surface area contributed by atoms with E-state index < -0.39 is 8.32 Å². The summed E-state index contributed by atoms with van der Waals surface area (Å²) in [6.45, 7) is 11.6. The summed E-state index contributed by atoms with van der Waals surface area (Å²) < 4.78 is 15.6. The van der Waals surface area contributed by atoms with Crippen molar-refractivity contribution in [2.75, 3.05) is 13.2 Å². The standard InChI is InChI=1S/C11H20N2O4Si/c1-11(2,3)18(4,5)16-7-6-15-10-9(8-14)12-17-13-10/h8H,6-7H2,1-5H3. The highest BCUT2D eigenvalue weighted by atomic mass is 28.4. The fourth-order valence-electron chi connectivity index (χ4n) is 1.01. The Hall–Kier alpha value is -1.21. The van der Waals surface area contributed by atoms with Crippen LogP contribution in [-0.2, 0) is 4.43 Å². The first-order valence-corrected chi connectivity index (χ1v) is 8.73. The van der Waals surface area contributed by atoms with E-state index in [-0.39, 0.29) is 16.6 Å². The number of aromatic nitrogens is 2. The van der Waals surface area contributed by atoms with Gasteiger partial charge in [0.1, 0.15) is 6.61 Å². The Bertz CT molecular complexity index is 398. The van der Waals surface area contributed by atoms with E-state index in [1.807, 2.05) is 0 Å². The van der Waals surface area contributed by atoms with Crippen molar-refractivity contribution in [1.82, 2.24) is 10.3 Å². The maximum absolute atomic E-state index is 10.5. The molecule has 0 aliphatic heterocycles. The molecule has 1 rings (SSSR count). The number of hydrogen-bond donors (Lipinski definition) is 0. The third kappa shape index (κ3) is 3.64. The third-order valence-corrected chi connectivity index (χ3v) is 7.72. The highest BCUT2D eigenvalue weighted by Crippen LogP contribution is 2.36. The molecule has 1 heterocycles. The fraction of sp³-hybridized carbons (Fsp3) is 0.727. The topological polar surface area (TPSA) is 74.5 Å². The Balaban J connectivity index is 2.38. The van der Waals surface area contributed by atoms with Crippen molar-refractivity contribution in [2.45, 2.75) is 38.9 Å². The Kier molecular flexibility index (Phi) is 4.63. The molecule has 0 amide bonds. The summed E-state index contributed by atoms with van der Waals surface area (Å²) in [6.07, 6.45) is 0.542. The average molecular weight is 272 g/mol. The van der Waals surface area contributed by atoms with Gasteiger partial charge in [0, 0.05) is 0 Å². The molecule has 102 valence electrons. The second-order valence-corrected chi connectivity index (χ2v) is 10.3. The summed E-state index contributed by atoms with van der Waals surface area (Å²) in [6, 6.07) is 0. The van der Waals surface area contributed by atoms with Gasteiger partial charge in [-0.15, -0.1) is 0 Å². The lowest BCUT2D eigenvalue weighted by Gasteiger charge is -2.36. The van der Waals surface area contributed by atoms with Gasteiger partial charge in [0.15, 0.2) is 14.6 Å². The molecule has 0 saturated heterocycles. The molecular formula is C11H20N2O4Si. The normalized spacial score (nSPS) is 12.5. The van der Waals surface area contributed by atoms with Gasteiger partial charge in [-0.05, 0) is 28.4 Å². The quantitative estimate of drug-likeness (QED) is 0.449. The Labute approximate surface area is 108 Å². The summed E-state index contributed by atoms with van der Waals surface area (Å²) in [5.74, 6) is 0.115. The minimum Gasteiger partial charge on any atom is -0.471 e. The van der Waals surface area contributed by atoms with Crippen LogP contribution in [0.2, 0.25) is 18.1 Å². The number of rotatable bonds is 6. The van der Waals surface area contributed by atoms with Crippen LogP contribution in [0.5, 0.6) is 5.88 Å². The number of ether oxygens (including phenoxy) is 1. The summed E-state index contributed by atoms with van der Waals surface area (Å²) in [4.78, 5) is 10.5. The third-order valence-electron chi connectivity index (χ3n) is 3.18. The van der Waals surface area contributed by atoms with E-state index in [0.29, 0.717) is 19.5 Å². The first-order chi connectivity index (χ1) is 8.28. The highest BCUT2D eigenvalue weighted by molar-refractivity contribution is 6.74. The van der Waals surface area contributed by atoms with Gasteiger partial charge in [0.25, 0.3) is 5.88 Å². The Morgan fingerprint density at radius 1 is 1.28 bits per heavy atom. The molecule has 0 aliphatic rings. The van der Waals surface area contributed by atoms with Crippen molar-refractivity contribution in [2.24, 2.45) is 0 Å². The van der Waals surface area contributed by atoms with Gasteiger partial charge in [-0.2, -0.15) is 0 Å². The van der Waals surface area contributed by atoms with Crippen molar-refractivity contribution in [3.63, 3.8) is 0 Å². The maximum Gasteiger partial charge on any atom is 0.286 e. The van der Waals surface area contributed by atoms with Gasteiger partial charge < -0.3 is 9.16 Å². The lowest BCUT2D eigenvalue weighted by Crippen LogP contribution is -2.41. The molecule has 1 aromatic rings. The van der Waals surface area contributed by atoms with Crippen molar-refractivity contribution in [3.8, 4) is 5.88 Å². The van der Waals surface area contributed by atoms with E-state index in [4.69, 9.17) is 9.16 Å². The number of nitrogens with zero attached hydrogens (tertiary/aromatic N) is 2. The summed E-state index contributed by atoms with van der Waals surface area (Å²) in [7, 11) is -1.76. The van der Waals surface area contributed by atoms with Gasteiger partial charge in [-0.3, -0.25) is 4.79 Å². The lowest BCUT2D eigenvalue weighted by atomic mass is 10.2. The predicted molar refractivity (Wildman–Crippen MR) is 68.3 cm³/mol. The molecule has 0 saturated carbocycles. The van der Waals surface area contributed by atoms with E-state index in [0.717, 1.165) is 0 Å². The maximum atomic E-state index is 10.5. The van der Waals surface area contributed by atoms with Crippen LogP contribution < -0.4 is 4.74 Å². The van der Waals surface area contributed by atoms with Crippen LogP contribution in [0, 0.1) is 0 Å².